The predicted molar refractivity (Wildman–Crippen MR) is 110 cm³/mol. The van der Waals surface area contributed by atoms with E-state index >= 15 is 4.39 Å². The van der Waals surface area contributed by atoms with Crippen molar-refractivity contribution in [2.24, 2.45) is 5.92 Å². The van der Waals surface area contributed by atoms with E-state index in [2.05, 4.69) is 0 Å². The van der Waals surface area contributed by atoms with Crippen molar-refractivity contribution in [3.05, 3.63) is 58.6 Å². The molecule has 2 amide bonds. The number of imide groups is 1. The van der Waals surface area contributed by atoms with Gasteiger partial charge in [0.25, 0.3) is 0 Å². The Morgan fingerprint density at radius 2 is 1.75 bits per heavy atom. The van der Waals surface area contributed by atoms with Crippen molar-refractivity contribution < 1.29 is 31.5 Å². The lowest BCUT2D eigenvalue weighted by Crippen LogP contribution is -2.66. The van der Waals surface area contributed by atoms with Crippen molar-refractivity contribution in [1.29, 1.82) is 0 Å². The number of nitrogens with zero attached hydrogens (tertiary/aromatic N) is 1. The van der Waals surface area contributed by atoms with Gasteiger partial charge in [0.1, 0.15) is 17.2 Å². The van der Waals surface area contributed by atoms with E-state index < -0.39 is 62.0 Å². The molecule has 0 unspecified atom stereocenters. The minimum absolute atomic E-state index is 0.170. The Hall–Kier alpha value is -2.52. The van der Waals surface area contributed by atoms with Gasteiger partial charge in [0.15, 0.2) is 21.4 Å². The highest BCUT2D eigenvalue weighted by Crippen LogP contribution is 2.54. The molecule has 168 valence electrons. The first-order valence-corrected chi connectivity index (χ1v) is 12.0. The molecule has 2 heterocycles. The maximum Gasteiger partial charge on any atom is 0.232 e. The number of ether oxygens (including phenoxy) is 1. The number of hydrogen-bond acceptors (Lipinski definition) is 5. The Morgan fingerprint density at radius 3 is 2.41 bits per heavy atom. The van der Waals surface area contributed by atoms with Gasteiger partial charge in [-0.1, -0.05) is 11.6 Å². The molecule has 6 nitrogen and oxygen atoms in total. The van der Waals surface area contributed by atoms with Crippen LogP contribution in [-0.2, 0) is 24.2 Å². The van der Waals surface area contributed by atoms with E-state index in [-0.39, 0.29) is 23.7 Å². The number of halogens is 3. The topological polar surface area (TPSA) is 80.8 Å². The zero-order chi connectivity index (χ0) is 22.8. The van der Waals surface area contributed by atoms with Crippen LogP contribution in [0.15, 0.2) is 41.3 Å². The average Bonchev–Trinajstić information content (AvgIpc) is 3.61. The number of carbonyl (C=O) groups is 2. The molecule has 2 fully saturated rings. The first-order chi connectivity index (χ1) is 15.2. The Balaban J connectivity index is 1.80. The molecular formula is C22H18ClF2NO5S. The van der Waals surface area contributed by atoms with E-state index in [0.717, 1.165) is 17.0 Å². The second kappa shape index (κ2) is 7.25. The summed E-state index contributed by atoms with van der Waals surface area (Å²) in [5.41, 5.74) is -0.482. The molecule has 1 aliphatic carbocycles. The van der Waals surface area contributed by atoms with Crippen LogP contribution in [-0.4, -0.2) is 37.8 Å². The van der Waals surface area contributed by atoms with Crippen LogP contribution in [0.4, 0.5) is 8.78 Å². The van der Waals surface area contributed by atoms with E-state index in [9.17, 15) is 22.4 Å². The van der Waals surface area contributed by atoms with E-state index in [1.54, 1.807) is 0 Å². The van der Waals surface area contributed by atoms with Gasteiger partial charge in [0.2, 0.25) is 11.8 Å². The summed E-state index contributed by atoms with van der Waals surface area (Å²) in [6.07, 6.45) is 0.559. The maximum absolute atomic E-state index is 15.3. The van der Waals surface area contributed by atoms with E-state index in [4.69, 9.17) is 16.3 Å². The fourth-order valence-electron chi connectivity index (χ4n) is 4.77. The molecule has 2 aromatic carbocycles. The predicted octanol–water partition coefficient (Wildman–Crippen LogP) is 3.61. The van der Waals surface area contributed by atoms with Gasteiger partial charge < -0.3 is 4.74 Å². The fourth-order valence-corrected chi connectivity index (χ4v) is 7.17. The molecule has 0 aromatic heterocycles. The molecule has 0 radical (unpaired) electrons. The van der Waals surface area contributed by atoms with Crippen LogP contribution in [0, 0.1) is 17.6 Å². The number of benzene rings is 2. The Kier molecular flexibility index (Phi) is 4.83. The molecule has 2 atom stereocenters. The normalized spacial score (nSPS) is 25.0. The lowest BCUT2D eigenvalue weighted by atomic mass is 9.79. The highest BCUT2D eigenvalue weighted by Gasteiger charge is 2.64. The molecule has 0 spiro atoms. The summed E-state index contributed by atoms with van der Waals surface area (Å²) in [6, 6.07) is 5.67. The van der Waals surface area contributed by atoms with E-state index in [1.807, 2.05) is 0 Å². The minimum Gasteiger partial charge on any atom is -0.488 e. The summed E-state index contributed by atoms with van der Waals surface area (Å²) in [5, 5.41) is 0.298. The molecule has 0 N–H and O–H groups in total. The minimum atomic E-state index is -4.44. The monoisotopic (exact) mass is 481 g/mol. The van der Waals surface area contributed by atoms with Gasteiger partial charge in [-0.05, 0) is 55.7 Å². The lowest BCUT2D eigenvalue weighted by molar-refractivity contribution is -0.154. The first-order valence-electron chi connectivity index (χ1n) is 10.2. The molecule has 2 aliphatic heterocycles. The van der Waals surface area contributed by atoms with Crippen LogP contribution >= 0.6 is 11.6 Å². The molecule has 32 heavy (non-hydrogen) atoms. The van der Waals surface area contributed by atoms with Gasteiger partial charge in [0.05, 0.1) is 16.5 Å². The van der Waals surface area contributed by atoms with Crippen LogP contribution in [0.2, 0.25) is 5.02 Å². The molecule has 5 rings (SSSR count). The van der Waals surface area contributed by atoms with E-state index in [1.165, 1.54) is 24.3 Å². The third kappa shape index (κ3) is 2.90. The number of piperidine rings is 1. The number of fused-ring (bicyclic) bond motifs is 3. The molecule has 3 aliphatic rings. The van der Waals surface area contributed by atoms with Gasteiger partial charge in [-0.25, -0.2) is 17.2 Å². The van der Waals surface area contributed by atoms with Gasteiger partial charge in [-0.15, -0.1) is 0 Å². The third-order valence-corrected chi connectivity index (χ3v) is 9.25. The quantitative estimate of drug-likeness (QED) is 0.626. The van der Waals surface area contributed by atoms with Gasteiger partial charge >= 0.3 is 0 Å². The molecule has 1 saturated heterocycles. The number of carbonyl (C=O) groups excluding carboxylic acids is 2. The molecule has 1 saturated carbocycles. The van der Waals surface area contributed by atoms with Crippen LogP contribution in [0.5, 0.6) is 5.75 Å². The van der Waals surface area contributed by atoms with Crippen LogP contribution < -0.4 is 4.74 Å². The van der Waals surface area contributed by atoms with Crippen molar-refractivity contribution in [3.8, 4) is 5.75 Å². The largest absolute Gasteiger partial charge is 0.488 e. The summed E-state index contributed by atoms with van der Waals surface area (Å²) >= 11 is 5.91. The van der Waals surface area contributed by atoms with E-state index in [0.29, 0.717) is 17.9 Å². The molecule has 2 aromatic rings. The summed E-state index contributed by atoms with van der Waals surface area (Å²) in [5.74, 6) is -3.82. The Morgan fingerprint density at radius 1 is 1.09 bits per heavy atom. The highest BCUT2D eigenvalue weighted by molar-refractivity contribution is 7.92. The maximum atomic E-state index is 15.3. The van der Waals surface area contributed by atoms with Gasteiger partial charge in [-0.2, -0.15) is 0 Å². The van der Waals surface area contributed by atoms with Gasteiger partial charge in [-0.3, -0.25) is 14.5 Å². The average molecular weight is 482 g/mol. The lowest BCUT2D eigenvalue weighted by Gasteiger charge is -2.50. The number of sulfone groups is 1. The molecular weight excluding hydrogens is 464 g/mol. The first kappa shape index (κ1) is 21.3. The SMILES string of the molecule is O=C1CC[C@]2(S(=O)(=O)c3ccc(Cl)cc3)c3c(F)ccc(F)c3OC[C@@H]2N1C(=O)C1CC1. The van der Waals surface area contributed by atoms with Crippen molar-refractivity contribution in [3.63, 3.8) is 0 Å². The van der Waals surface area contributed by atoms with Crippen LogP contribution in [0.3, 0.4) is 0 Å². The highest BCUT2D eigenvalue weighted by atomic mass is 35.5. The summed E-state index contributed by atoms with van der Waals surface area (Å²) in [4.78, 5) is 26.6. The number of hydrogen-bond donors (Lipinski definition) is 0. The van der Waals surface area contributed by atoms with Crippen LogP contribution in [0.25, 0.3) is 0 Å². The van der Waals surface area contributed by atoms with Crippen molar-refractivity contribution >= 4 is 33.3 Å². The number of rotatable bonds is 3. The number of likely N-dealkylation sites (tertiary alicyclic amines) is 1. The van der Waals surface area contributed by atoms with Crippen molar-refractivity contribution in [1.82, 2.24) is 4.90 Å². The Labute approximate surface area is 188 Å². The zero-order valence-electron chi connectivity index (χ0n) is 16.7. The standard InChI is InChI=1S/C22H18ClF2NO5S/c23-13-3-5-14(6-4-13)32(29,30)22-10-9-18(27)26(21(28)12-1-2-12)17(22)11-31-20-16(25)8-7-15(24)19(20)22/h3-8,12,17H,1-2,9-11H2/t17-,22+/m0/s1. The van der Waals surface area contributed by atoms with Gasteiger partial charge in [0, 0.05) is 17.4 Å². The smallest absolute Gasteiger partial charge is 0.232 e. The zero-order valence-corrected chi connectivity index (χ0v) is 18.3. The fraction of sp³-hybridized carbons (Fsp3) is 0.364. The summed E-state index contributed by atoms with van der Waals surface area (Å²) < 4.78 is 61.5. The summed E-state index contributed by atoms with van der Waals surface area (Å²) in [6.45, 7) is -0.454. The molecule has 10 heteroatoms. The second-order valence-corrected chi connectivity index (χ2v) is 10.9. The number of amides is 2. The second-order valence-electron chi connectivity index (χ2n) is 8.28. The third-order valence-electron chi connectivity index (χ3n) is 6.46. The van der Waals surface area contributed by atoms with Crippen molar-refractivity contribution in [2.45, 2.75) is 41.4 Å². The molecule has 0 bridgehead atoms. The van der Waals surface area contributed by atoms with Crippen LogP contribution in [0.1, 0.15) is 31.2 Å². The van der Waals surface area contributed by atoms with Crippen molar-refractivity contribution in [2.75, 3.05) is 6.61 Å². The summed E-state index contributed by atoms with van der Waals surface area (Å²) in [7, 11) is -4.44. The Bertz CT molecular complexity index is 1250.